The Morgan fingerprint density at radius 3 is 2.83 bits per heavy atom. The van der Waals surface area contributed by atoms with Gasteiger partial charge in [-0.15, -0.1) is 0 Å². The average Bonchev–Trinajstić information content (AvgIpc) is 2.95. The lowest BCUT2D eigenvalue weighted by atomic mass is 10.1. The van der Waals surface area contributed by atoms with Gasteiger partial charge in [-0.1, -0.05) is 18.2 Å². The predicted molar refractivity (Wildman–Crippen MR) is 70.9 cm³/mol. The molecule has 5 heteroatoms. The van der Waals surface area contributed by atoms with Crippen molar-refractivity contribution in [2.75, 3.05) is 0 Å². The van der Waals surface area contributed by atoms with Crippen LogP contribution >= 0.6 is 0 Å². The number of hydrogen-bond donors (Lipinski definition) is 2. The van der Waals surface area contributed by atoms with Gasteiger partial charge in [0, 0.05) is 29.2 Å². The molecule has 0 spiro atoms. The molecule has 0 aliphatic heterocycles. The topological polar surface area (TPSA) is 72.5 Å². The van der Waals surface area contributed by atoms with E-state index < -0.39 is 0 Å². The molecule has 0 aliphatic carbocycles. The fourth-order valence-corrected chi connectivity index (χ4v) is 2.30. The van der Waals surface area contributed by atoms with Crippen LogP contribution in [-0.2, 0) is 13.6 Å². The minimum absolute atomic E-state index is 0.372. The Morgan fingerprint density at radius 1 is 1.33 bits per heavy atom. The van der Waals surface area contributed by atoms with Crippen molar-refractivity contribution in [1.82, 2.24) is 19.7 Å². The Morgan fingerprint density at radius 2 is 2.11 bits per heavy atom. The van der Waals surface area contributed by atoms with E-state index in [4.69, 9.17) is 5.73 Å². The number of H-pyrrole nitrogens is 1. The summed E-state index contributed by atoms with van der Waals surface area (Å²) in [5.74, 6) is 1.42. The molecule has 0 bridgehead atoms. The highest BCUT2D eigenvalue weighted by atomic mass is 15.2. The van der Waals surface area contributed by atoms with Gasteiger partial charge in [0.25, 0.3) is 0 Å². The smallest absolute Gasteiger partial charge is 0.183 e. The maximum absolute atomic E-state index is 5.56. The summed E-state index contributed by atoms with van der Waals surface area (Å²) in [6.07, 6.45) is 0. The van der Waals surface area contributed by atoms with E-state index in [9.17, 15) is 0 Å². The number of nitrogens with zero attached hydrogens (tertiary/aromatic N) is 3. The predicted octanol–water partition coefficient (Wildman–Crippen LogP) is 1.73. The SMILES string of the molecule is Cc1c(-c2n[nH]c(CN)n2)c2ccccc2n1C. The van der Waals surface area contributed by atoms with Crippen LogP contribution in [0.2, 0.25) is 0 Å². The molecule has 0 amide bonds. The minimum Gasteiger partial charge on any atom is -0.347 e. The number of nitrogens with one attached hydrogen (secondary N) is 1. The first-order valence-corrected chi connectivity index (χ1v) is 5.88. The molecular weight excluding hydrogens is 226 g/mol. The molecule has 0 radical (unpaired) electrons. The monoisotopic (exact) mass is 241 g/mol. The van der Waals surface area contributed by atoms with E-state index in [0.29, 0.717) is 18.2 Å². The second kappa shape index (κ2) is 3.96. The van der Waals surface area contributed by atoms with E-state index in [-0.39, 0.29) is 0 Å². The molecule has 0 aliphatic rings. The van der Waals surface area contributed by atoms with Gasteiger partial charge in [0.05, 0.1) is 6.54 Å². The maximum Gasteiger partial charge on any atom is 0.183 e. The summed E-state index contributed by atoms with van der Waals surface area (Å²) >= 11 is 0. The van der Waals surface area contributed by atoms with Crippen LogP contribution in [0.5, 0.6) is 0 Å². The molecule has 3 rings (SSSR count). The summed E-state index contributed by atoms with van der Waals surface area (Å²) in [7, 11) is 2.05. The third kappa shape index (κ3) is 1.44. The van der Waals surface area contributed by atoms with Crippen LogP contribution in [0.3, 0.4) is 0 Å². The van der Waals surface area contributed by atoms with Crippen LogP contribution in [-0.4, -0.2) is 19.7 Å². The standard InChI is InChI=1S/C13H15N5/c1-8-12(13-15-11(7-14)16-17-13)9-5-3-4-6-10(9)18(8)2/h3-6H,7,14H2,1-2H3,(H,15,16,17). The third-order valence-corrected chi connectivity index (χ3v) is 3.35. The van der Waals surface area contributed by atoms with E-state index in [1.807, 2.05) is 12.1 Å². The molecule has 18 heavy (non-hydrogen) atoms. The molecule has 0 saturated heterocycles. The number of nitrogens with two attached hydrogens (primary N) is 1. The summed E-state index contributed by atoms with van der Waals surface area (Å²) in [4.78, 5) is 4.42. The highest BCUT2D eigenvalue weighted by molar-refractivity contribution is 5.96. The Hall–Kier alpha value is -2.14. The fraction of sp³-hybridized carbons (Fsp3) is 0.231. The lowest BCUT2D eigenvalue weighted by Crippen LogP contribution is -1.98. The van der Waals surface area contributed by atoms with Gasteiger partial charge in [0.1, 0.15) is 5.82 Å². The summed E-state index contributed by atoms with van der Waals surface area (Å²) in [5.41, 5.74) is 8.97. The number of aryl methyl sites for hydroxylation is 1. The molecule has 2 heterocycles. The van der Waals surface area contributed by atoms with Gasteiger partial charge in [0.15, 0.2) is 5.82 Å². The van der Waals surface area contributed by atoms with Crippen molar-refractivity contribution in [3.8, 4) is 11.4 Å². The molecule has 0 fully saturated rings. The van der Waals surface area contributed by atoms with Crippen LogP contribution in [0.1, 0.15) is 11.5 Å². The first kappa shape index (κ1) is 11.0. The Bertz CT molecular complexity index is 707. The van der Waals surface area contributed by atoms with E-state index >= 15 is 0 Å². The molecule has 0 saturated carbocycles. The first-order chi connectivity index (χ1) is 8.72. The molecule has 92 valence electrons. The van der Waals surface area contributed by atoms with Gasteiger partial charge < -0.3 is 10.3 Å². The molecule has 0 unspecified atom stereocenters. The molecule has 5 nitrogen and oxygen atoms in total. The number of fused-ring (bicyclic) bond motifs is 1. The summed E-state index contributed by atoms with van der Waals surface area (Å²) in [5, 5.41) is 8.28. The van der Waals surface area contributed by atoms with Crippen molar-refractivity contribution in [2.45, 2.75) is 13.5 Å². The largest absolute Gasteiger partial charge is 0.347 e. The van der Waals surface area contributed by atoms with Crippen molar-refractivity contribution in [1.29, 1.82) is 0 Å². The number of hydrogen-bond acceptors (Lipinski definition) is 3. The molecule has 3 aromatic rings. The van der Waals surface area contributed by atoms with Crippen molar-refractivity contribution in [3.63, 3.8) is 0 Å². The summed E-state index contributed by atoms with van der Waals surface area (Å²) in [6.45, 7) is 2.45. The normalized spacial score (nSPS) is 11.3. The summed E-state index contributed by atoms with van der Waals surface area (Å²) in [6, 6.07) is 8.26. The Kier molecular flexibility index (Phi) is 2.41. The van der Waals surface area contributed by atoms with Gasteiger partial charge in [-0.05, 0) is 13.0 Å². The first-order valence-electron chi connectivity index (χ1n) is 5.88. The third-order valence-electron chi connectivity index (χ3n) is 3.35. The molecular formula is C13H15N5. The van der Waals surface area contributed by atoms with E-state index in [1.54, 1.807) is 0 Å². The number of aromatic amines is 1. The lowest BCUT2D eigenvalue weighted by molar-refractivity contribution is 0.916. The van der Waals surface area contributed by atoms with Gasteiger partial charge in [-0.3, -0.25) is 5.10 Å². The Balaban J connectivity index is 2.31. The zero-order valence-corrected chi connectivity index (χ0v) is 10.4. The van der Waals surface area contributed by atoms with Crippen molar-refractivity contribution >= 4 is 10.9 Å². The van der Waals surface area contributed by atoms with E-state index in [0.717, 1.165) is 11.3 Å². The molecule has 0 atom stereocenters. The fourth-order valence-electron chi connectivity index (χ4n) is 2.30. The van der Waals surface area contributed by atoms with Crippen molar-refractivity contribution < 1.29 is 0 Å². The van der Waals surface area contributed by atoms with Crippen LogP contribution in [0.4, 0.5) is 0 Å². The van der Waals surface area contributed by atoms with Gasteiger partial charge in [0.2, 0.25) is 0 Å². The van der Waals surface area contributed by atoms with Crippen LogP contribution < -0.4 is 5.73 Å². The Labute approximate surface area is 105 Å². The zero-order valence-electron chi connectivity index (χ0n) is 10.4. The van der Waals surface area contributed by atoms with Crippen molar-refractivity contribution in [3.05, 3.63) is 35.8 Å². The highest BCUT2D eigenvalue weighted by Crippen LogP contribution is 2.31. The molecule has 3 N–H and O–H groups in total. The quantitative estimate of drug-likeness (QED) is 0.717. The number of para-hydroxylation sites is 1. The number of rotatable bonds is 2. The number of aromatic nitrogens is 4. The molecule has 1 aromatic carbocycles. The number of benzene rings is 1. The van der Waals surface area contributed by atoms with Crippen molar-refractivity contribution in [2.24, 2.45) is 12.8 Å². The van der Waals surface area contributed by atoms with Crippen LogP contribution in [0.15, 0.2) is 24.3 Å². The minimum atomic E-state index is 0.372. The zero-order chi connectivity index (χ0) is 12.7. The van der Waals surface area contributed by atoms with Crippen LogP contribution in [0.25, 0.3) is 22.3 Å². The average molecular weight is 241 g/mol. The highest BCUT2D eigenvalue weighted by Gasteiger charge is 2.16. The van der Waals surface area contributed by atoms with Gasteiger partial charge in [-0.25, -0.2) is 4.98 Å². The van der Waals surface area contributed by atoms with Gasteiger partial charge in [-0.2, -0.15) is 5.10 Å². The van der Waals surface area contributed by atoms with E-state index in [1.165, 1.54) is 10.9 Å². The summed E-state index contributed by atoms with van der Waals surface area (Å²) < 4.78 is 2.16. The van der Waals surface area contributed by atoms with Gasteiger partial charge >= 0.3 is 0 Å². The maximum atomic E-state index is 5.56. The van der Waals surface area contributed by atoms with Crippen LogP contribution in [0, 0.1) is 6.92 Å². The second-order valence-electron chi connectivity index (χ2n) is 4.35. The molecule has 2 aromatic heterocycles. The second-order valence-corrected chi connectivity index (χ2v) is 4.35. The lowest BCUT2D eigenvalue weighted by Gasteiger charge is -1.97. The van der Waals surface area contributed by atoms with E-state index in [2.05, 4.69) is 45.9 Å².